The number of aromatic nitrogens is 3. The van der Waals surface area contributed by atoms with Crippen LogP contribution in [0.3, 0.4) is 0 Å². The molecule has 0 spiro atoms. The molecule has 138 valence electrons. The highest BCUT2D eigenvalue weighted by atomic mass is 35.5. The Balaban J connectivity index is 1.67. The minimum atomic E-state index is -0.166. The molecule has 0 fully saturated rings. The number of anilines is 1. The molecule has 1 amide bonds. The van der Waals surface area contributed by atoms with E-state index in [0.29, 0.717) is 48.4 Å². The lowest BCUT2D eigenvalue weighted by atomic mass is 10.1. The summed E-state index contributed by atoms with van der Waals surface area (Å²) in [6, 6.07) is 5.34. The third-order valence-electron chi connectivity index (χ3n) is 4.64. The number of carbonyl (C=O) groups is 1. The van der Waals surface area contributed by atoms with Gasteiger partial charge < -0.3 is 15.4 Å². The van der Waals surface area contributed by atoms with Gasteiger partial charge in [0.25, 0.3) is 5.91 Å². The van der Waals surface area contributed by atoms with Gasteiger partial charge >= 0.3 is 0 Å². The molecule has 3 aromatic heterocycles. The second-order valence-corrected chi connectivity index (χ2v) is 6.76. The molecule has 3 aromatic rings. The number of nitrogen functional groups attached to an aromatic ring is 1. The first kappa shape index (κ1) is 17.6. The maximum Gasteiger partial charge on any atom is 0.272 e. The van der Waals surface area contributed by atoms with E-state index in [2.05, 4.69) is 15.0 Å². The third kappa shape index (κ3) is 3.31. The highest BCUT2D eigenvalue weighted by Gasteiger charge is 2.22. The van der Waals surface area contributed by atoms with E-state index < -0.39 is 0 Å². The number of nitrogens with two attached hydrogens (primary N) is 1. The summed E-state index contributed by atoms with van der Waals surface area (Å²) in [5.41, 5.74) is 9.65. The van der Waals surface area contributed by atoms with E-state index in [9.17, 15) is 4.79 Å². The van der Waals surface area contributed by atoms with Gasteiger partial charge in [-0.3, -0.25) is 9.78 Å². The van der Waals surface area contributed by atoms with Crippen LogP contribution in [0.2, 0.25) is 5.02 Å². The first-order valence-corrected chi connectivity index (χ1v) is 8.99. The van der Waals surface area contributed by atoms with Crippen LogP contribution in [0.1, 0.15) is 34.2 Å². The Morgan fingerprint density at radius 3 is 2.81 bits per heavy atom. The smallest absolute Gasteiger partial charge is 0.272 e. The number of hydrogen-bond donors (Lipinski definition) is 1. The molecule has 4 rings (SSSR count). The lowest BCUT2D eigenvalue weighted by Gasteiger charge is -2.20. The number of carbonyl (C=O) groups excluding carboxylic acids is 1. The van der Waals surface area contributed by atoms with Gasteiger partial charge in [0, 0.05) is 23.7 Å². The van der Waals surface area contributed by atoms with Crippen LogP contribution in [0.25, 0.3) is 10.9 Å². The minimum absolute atomic E-state index is 0.166. The van der Waals surface area contributed by atoms with Crippen LogP contribution in [0, 0.1) is 0 Å². The summed E-state index contributed by atoms with van der Waals surface area (Å²) in [6.45, 7) is 3.74. The number of ether oxygens (including phenoxy) is 1. The Kier molecular flexibility index (Phi) is 4.63. The SMILES string of the molecule is CCN(Cc1ccc(Cl)cn1)C(=O)c1cc2c3c(c(N)nc2cn1)COC3. The van der Waals surface area contributed by atoms with Gasteiger partial charge in [-0.05, 0) is 30.7 Å². The Bertz CT molecular complexity index is 1020. The van der Waals surface area contributed by atoms with Gasteiger partial charge in [-0.15, -0.1) is 0 Å². The summed E-state index contributed by atoms with van der Waals surface area (Å²) in [6.07, 6.45) is 3.16. The number of fused-ring (bicyclic) bond motifs is 3. The number of rotatable bonds is 4. The predicted octanol–water partition coefficient (Wildman–Crippen LogP) is 2.95. The van der Waals surface area contributed by atoms with Crippen molar-refractivity contribution in [3.63, 3.8) is 0 Å². The van der Waals surface area contributed by atoms with Crippen molar-refractivity contribution in [2.24, 2.45) is 0 Å². The van der Waals surface area contributed by atoms with Crippen LogP contribution in [0.15, 0.2) is 30.6 Å². The Morgan fingerprint density at radius 2 is 2.07 bits per heavy atom. The molecule has 8 heteroatoms. The summed E-state index contributed by atoms with van der Waals surface area (Å²) >= 11 is 5.88. The fourth-order valence-corrected chi connectivity index (χ4v) is 3.29. The van der Waals surface area contributed by atoms with Crippen molar-refractivity contribution in [2.75, 3.05) is 12.3 Å². The average Bonchev–Trinajstić information content (AvgIpc) is 3.18. The Morgan fingerprint density at radius 1 is 1.26 bits per heavy atom. The zero-order valence-electron chi connectivity index (χ0n) is 14.8. The van der Waals surface area contributed by atoms with E-state index in [0.717, 1.165) is 22.2 Å². The molecular formula is C19H18ClN5O2. The van der Waals surface area contributed by atoms with Crippen LogP contribution >= 0.6 is 11.6 Å². The summed E-state index contributed by atoms with van der Waals surface area (Å²) in [5.74, 6) is 0.292. The lowest BCUT2D eigenvalue weighted by Crippen LogP contribution is -2.31. The van der Waals surface area contributed by atoms with E-state index in [1.54, 1.807) is 29.4 Å². The normalized spacial score (nSPS) is 13.0. The van der Waals surface area contributed by atoms with Crippen molar-refractivity contribution in [3.8, 4) is 0 Å². The highest BCUT2D eigenvalue weighted by molar-refractivity contribution is 6.30. The van der Waals surface area contributed by atoms with E-state index in [4.69, 9.17) is 22.1 Å². The fourth-order valence-electron chi connectivity index (χ4n) is 3.18. The van der Waals surface area contributed by atoms with E-state index in [1.165, 1.54) is 0 Å². The molecule has 7 nitrogen and oxygen atoms in total. The van der Waals surface area contributed by atoms with Crippen molar-refractivity contribution in [2.45, 2.75) is 26.7 Å². The van der Waals surface area contributed by atoms with E-state index >= 15 is 0 Å². The van der Waals surface area contributed by atoms with Gasteiger partial charge in [0.2, 0.25) is 0 Å². The van der Waals surface area contributed by atoms with Crippen LogP contribution < -0.4 is 5.73 Å². The van der Waals surface area contributed by atoms with Gasteiger partial charge in [-0.2, -0.15) is 0 Å². The first-order chi connectivity index (χ1) is 13.1. The molecule has 0 saturated carbocycles. The first-order valence-electron chi connectivity index (χ1n) is 8.61. The largest absolute Gasteiger partial charge is 0.383 e. The van der Waals surface area contributed by atoms with Crippen molar-refractivity contribution in [3.05, 3.63) is 58.1 Å². The van der Waals surface area contributed by atoms with Crippen LogP contribution in [-0.4, -0.2) is 32.3 Å². The van der Waals surface area contributed by atoms with E-state index in [1.807, 2.05) is 13.0 Å². The topological polar surface area (TPSA) is 94.2 Å². The van der Waals surface area contributed by atoms with Crippen LogP contribution in [0.5, 0.6) is 0 Å². The minimum Gasteiger partial charge on any atom is -0.383 e. The van der Waals surface area contributed by atoms with Crippen LogP contribution in [-0.2, 0) is 24.5 Å². The van der Waals surface area contributed by atoms with Crippen molar-refractivity contribution in [1.29, 1.82) is 0 Å². The molecule has 0 saturated heterocycles. The average molecular weight is 384 g/mol. The highest BCUT2D eigenvalue weighted by Crippen LogP contribution is 2.31. The number of halogens is 1. The number of nitrogens with zero attached hydrogens (tertiary/aromatic N) is 4. The fraction of sp³-hybridized carbons (Fsp3) is 0.263. The standard InChI is InChI=1S/C19H18ClN5O2/c1-2-25(8-12-4-3-11(20)6-22-12)19(26)16-5-13-14-9-27-10-15(14)18(21)24-17(13)7-23-16/h3-7H,2,8-10H2,1H3,(H2,21,24). The third-order valence-corrected chi connectivity index (χ3v) is 4.87. The summed E-state index contributed by atoms with van der Waals surface area (Å²) < 4.78 is 5.51. The molecule has 1 aliphatic heterocycles. The van der Waals surface area contributed by atoms with Gasteiger partial charge in [0.1, 0.15) is 11.5 Å². The molecule has 0 bridgehead atoms. The quantitative estimate of drug-likeness (QED) is 0.744. The van der Waals surface area contributed by atoms with Gasteiger partial charge in [0.05, 0.1) is 42.2 Å². The zero-order chi connectivity index (χ0) is 19.0. The van der Waals surface area contributed by atoms with Gasteiger partial charge in [-0.1, -0.05) is 11.6 Å². The second-order valence-electron chi connectivity index (χ2n) is 6.32. The molecule has 0 unspecified atom stereocenters. The van der Waals surface area contributed by atoms with Crippen LogP contribution in [0.4, 0.5) is 5.82 Å². The molecule has 1 aliphatic rings. The van der Waals surface area contributed by atoms with Gasteiger partial charge in [-0.25, -0.2) is 9.97 Å². The molecular weight excluding hydrogens is 366 g/mol. The van der Waals surface area contributed by atoms with Gasteiger partial charge in [0.15, 0.2) is 0 Å². The molecule has 0 radical (unpaired) electrons. The Hall–Kier alpha value is -2.77. The number of hydrogen-bond acceptors (Lipinski definition) is 6. The number of pyridine rings is 3. The van der Waals surface area contributed by atoms with Crippen molar-refractivity contribution >= 4 is 34.2 Å². The molecule has 2 N–H and O–H groups in total. The summed E-state index contributed by atoms with van der Waals surface area (Å²) in [4.78, 5) is 27.6. The van der Waals surface area contributed by atoms with E-state index in [-0.39, 0.29) is 5.91 Å². The molecule has 27 heavy (non-hydrogen) atoms. The summed E-state index contributed by atoms with van der Waals surface area (Å²) in [7, 11) is 0. The van der Waals surface area contributed by atoms with Crippen molar-refractivity contribution < 1.29 is 9.53 Å². The monoisotopic (exact) mass is 383 g/mol. The Labute approximate surface area is 161 Å². The molecule has 0 aromatic carbocycles. The second kappa shape index (κ2) is 7.09. The van der Waals surface area contributed by atoms with Crippen molar-refractivity contribution in [1.82, 2.24) is 19.9 Å². The molecule has 0 atom stereocenters. The lowest BCUT2D eigenvalue weighted by molar-refractivity contribution is 0.0745. The predicted molar refractivity (Wildman–Crippen MR) is 102 cm³/mol. The summed E-state index contributed by atoms with van der Waals surface area (Å²) in [5, 5.41) is 1.42. The maximum absolute atomic E-state index is 13.0. The maximum atomic E-state index is 13.0. The zero-order valence-corrected chi connectivity index (χ0v) is 15.5. The molecule has 0 aliphatic carbocycles. The number of amides is 1. The molecule has 4 heterocycles.